The van der Waals surface area contributed by atoms with Crippen LogP contribution in [0.1, 0.15) is 37.5 Å². The number of hydrogen-bond donors (Lipinski definition) is 2. The van der Waals surface area contributed by atoms with Gasteiger partial charge in [-0.3, -0.25) is 14.5 Å². The monoisotopic (exact) mass is 628 g/mol. The van der Waals surface area contributed by atoms with Crippen molar-refractivity contribution in [1.29, 1.82) is 0 Å². The first kappa shape index (κ1) is 27.2. The standard InChI is InChI=1S/C27H21BrN2O9S/c1-11-24(26(35)38-4)40-27(29-11)30-19(13-8-14(28)20(31)16(10-13)37-3)18(22(33)25(30)34)21(32)17-9-12-6-5-7-15(36-2)23(12)39-17/h5-10,19,31,33H,1-4H3. The number of amides is 1. The summed E-state index contributed by atoms with van der Waals surface area (Å²) in [6.45, 7) is 1.57. The van der Waals surface area contributed by atoms with Gasteiger partial charge in [0.15, 0.2) is 39.5 Å². The number of halogens is 1. The second kappa shape index (κ2) is 10.3. The number of aliphatic hydroxyl groups excluding tert-OH is 1. The highest BCUT2D eigenvalue weighted by molar-refractivity contribution is 9.10. The third-order valence-electron chi connectivity index (χ3n) is 6.35. The highest BCUT2D eigenvalue weighted by Gasteiger charge is 2.47. The SMILES string of the molecule is COC(=O)c1sc(N2C(=O)C(O)=C(C(=O)c3cc4cccc(OC)c4o3)C2c2cc(Br)c(O)c(OC)c2)nc1C. The smallest absolute Gasteiger partial charge is 0.350 e. The zero-order chi connectivity index (χ0) is 28.9. The van der Waals surface area contributed by atoms with Crippen molar-refractivity contribution in [2.24, 2.45) is 0 Å². The lowest BCUT2D eigenvalue weighted by molar-refractivity contribution is -0.117. The van der Waals surface area contributed by atoms with E-state index in [1.807, 2.05) is 0 Å². The lowest BCUT2D eigenvalue weighted by Gasteiger charge is -2.25. The van der Waals surface area contributed by atoms with Crippen molar-refractivity contribution < 1.29 is 43.2 Å². The van der Waals surface area contributed by atoms with Gasteiger partial charge in [-0.15, -0.1) is 0 Å². The van der Waals surface area contributed by atoms with Crippen LogP contribution in [0.5, 0.6) is 17.2 Å². The minimum Gasteiger partial charge on any atom is -0.503 e. The Hall–Kier alpha value is -4.36. The van der Waals surface area contributed by atoms with Crippen molar-refractivity contribution in [3.05, 3.63) is 74.1 Å². The molecule has 2 N–H and O–H groups in total. The number of phenols is 1. The first-order chi connectivity index (χ1) is 19.1. The Bertz CT molecular complexity index is 1740. The van der Waals surface area contributed by atoms with Crippen LogP contribution in [0.2, 0.25) is 0 Å². The number of methoxy groups -OCH3 is 3. The molecule has 1 atom stereocenters. The molecular weight excluding hydrogens is 608 g/mol. The summed E-state index contributed by atoms with van der Waals surface area (Å²) in [6.07, 6.45) is 0. The molecule has 4 aromatic rings. The maximum Gasteiger partial charge on any atom is 0.350 e. The highest BCUT2D eigenvalue weighted by atomic mass is 79.9. The van der Waals surface area contributed by atoms with Crippen LogP contribution < -0.4 is 14.4 Å². The molecule has 2 aromatic heterocycles. The fraction of sp³-hybridized carbons (Fsp3) is 0.185. The number of Topliss-reactive ketones (excluding diaryl/α,β-unsaturated/α-hetero) is 1. The van der Waals surface area contributed by atoms with Gasteiger partial charge in [0.25, 0.3) is 5.91 Å². The number of anilines is 1. The fourth-order valence-corrected chi connectivity index (χ4v) is 5.94. The van der Waals surface area contributed by atoms with Gasteiger partial charge >= 0.3 is 5.97 Å². The Labute approximate surface area is 239 Å². The van der Waals surface area contributed by atoms with Crippen LogP contribution in [0.15, 0.2) is 56.6 Å². The van der Waals surface area contributed by atoms with Crippen LogP contribution in [-0.4, -0.2) is 54.2 Å². The first-order valence-electron chi connectivity index (χ1n) is 11.6. The number of esters is 1. The predicted octanol–water partition coefficient (Wildman–Crippen LogP) is 5.25. The lowest BCUT2D eigenvalue weighted by atomic mass is 9.95. The zero-order valence-corrected chi connectivity index (χ0v) is 23.9. The molecule has 0 bridgehead atoms. The molecule has 0 spiro atoms. The number of benzene rings is 2. The number of furan rings is 1. The van der Waals surface area contributed by atoms with Gasteiger partial charge in [0.2, 0.25) is 5.78 Å². The number of aromatic nitrogens is 1. The van der Waals surface area contributed by atoms with Crippen LogP contribution in [0, 0.1) is 6.92 Å². The molecule has 3 heterocycles. The second-order valence-electron chi connectivity index (χ2n) is 8.61. The number of nitrogens with zero attached hydrogens (tertiary/aromatic N) is 2. The maximum absolute atomic E-state index is 14.0. The molecule has 0 fully saturated rings. The van der Waals surface area contributed by atoms with Gasteiger partial charge < -0.3 is 28.8 Å². The summed E-state index contributed by atoms with van der Waals surface area (Å²) >= 11 is 4.14. The zero-order valence-electron chi connectivity index (χ0n) is 21.5. The Balaban J connectivity index is 1.71. The normalized spacial score (nSPS) is 15.2. The summed E-state index contributed by atoms with van der Waals surface area (Å²) in [4.78, 5) is 45.4. The van der Waals surface area contributed by atoms with E-state index in [-0.39, 0.29) is 37.3 Å². The van der Waals surface area contributed by atoms with Gasteiger partial charge in [0.1, 0.15) is 4.88 Å². The fourth-order valence-electron chi connectivity index (χ4n) is 4.47. The molecular formula is C27H21BrN2O9S. The third-order valence-corrected chi connectivity index (χ3v) is 8.09. The molecule has 1 amide bonds. The quantitative estimate of drug-likeness (QED) is 0.205. The van der Waals surface area contributed by atoms with Gasteiger partial charge in [-0.2, -0.15) is 0 Å². The molecule has 0 radical (unpaired) electrons. The molecule has 40 heavy (non-hydrogen) atoms. The number of rotatable bonds is 7. The maximum atomic E-state index is 14.0. The molecule has 2 aromatic carbocycles. The Morgan fingerprint density at radius 2 is 1.82 bits per heavy atom. The van der Waals surface area contributed by atoms with E-state index >= 15 is 0 Å². The molecule has 13 heteroatoms. The van der Waals surface area contributed by atoms with Crippen molar-refractivity contribution in [3.63, 3.8) is 0 Å². The van der Waals surface area contributed by atoms with Gasteiger partial charge in [-0.05, 0) is 52.7 Å². The summed E-state index contributed by atoms with van der Waals surface area (Å²) in [5.74, 6) is -3.05. The molecule has 5 rings (SSSR count). The second-order valence-corrected chi connectivity index (χ2v) is 10.4. The van der Waals surface area contributed by atoms with E-state index in [4.69, 9.17) is 18.6 Å². The van der Waals surface area contributed by atoms with Gasteiger partial charge in [0, 0.05) is 5.39 Å². The van der Waals surface area contributed by atoms with E-state index in [0.29, 0.717) is 28.0 Å². The summed E-state index contributed by atoms with van der Waals surface area (Å²) in [5.41, 5.74) is 0.614. The van der Waals surface area contributed by atoms with E-state index in [0.717, 1.165) is 16.2 Å². The summed E-state index contributed by atoms with van der Waals surface area (Å²) in [6, 6.07) is 8.29. The van der Waals surface area contributed by atoms with E-state index in [2.05, 4.69) is 20.9 Å². The average molecular weight is 629 g/mol. The van der Waals surface area contributed by atoms with Crippen LogP contribution in [0.4, 0.5) is 5.13 Å². The number of phenolic OH excluding ortho intramolecular Hbond substituents is 1. The van der Waals surface area contributed by atoms with Gasteiger partial charge in [0.05, 0.1) is 43.1 Å². The molecule has 1 aliphatic rings. The van der Waals surface area contributed by atoms with Crippen LogP contribution in [0.3, 0.4) is 0 Å². The molecule has 0 saturated carbocycles. The number of ether oxygens (including phenoxy) is 3. The topological polar surface area (TPSA) is 149 Å². The van der Waals surface area contributed by atoms with Gasteiger partial charge in [-0.25, -0.2) is 9.78 Å². The molecule has 0 aliphatic carbocycles. The summed E-state index contributed by atoms with van der Waals surface area (Å²) in [7, 11) is 4.03. The van der Waals surface area contributed by atoms with Crippen molar-refractivity contribution >= 4 is 61.0 Å². The number of hydrogen-bond acceptors (Lipinski definition) is 11. The number of fused-ring (bicyclic) bond motifs is 1. The molecule has 0 saturated heterocycles. The molecule has 11 nitrogen and oxygen atoms in total. The minimum absolute atomic E-state index is 0.0386. The predicted molar refractivity (Wildman–Crippen MR) is 148 cm³/mol. The first-order valence-corrected chi connectivity index (χ1v) is 13.2. The molecule has 1 aliphatic heterocycles. The Morgan fingerprint density at radius 3 is 2.50 bits per heavy atom. The lowest BCUT2D eigenvalue weighted by Crippen LogP contribution is -2.31. The van der Waals surface area contributed by atoms with Crippen molar-refractivity contribution in [3.8, 4) is 17.2 Å². The van der Waals surface area contributed by atoms with Crippen molar-refractivity contribution in [2.75, 3.05) is 26.2 Å². The number of ketones is 1. The van der Waals surface area contributed by atoms with E-state index < -0.39 is 29.5 Å². The minimum atomic E-state index is -1.24. The largest absolute Gasteiger partial charge is 0.503 e. The number of thiazole rings is 1. The molecule has 1 unspecified atom stereocenters. The third kappa shape index (κ3) is 4.27. The Kier molecular flexibility index (Phi) is 7.02. The molecule has 206 valence electrons. The van der Waals surface area contributed by atoms with Crippen molar-refractivity contribution in [2.45, 2.75) is 13.0 Å². The number of aromatic hydroxyl groups is 1. The van der Waals surface area contributed by atoms with Crippen molar-refractivity contribution in [1.82, 2.24) is 4.98 Å². The highest BCUT2D eigenvalue weighted by Crippen LogP contribution is 2.47. The number of carbonyl (C=O) groups is 3. The summed E-state index contributed by atoms with van der Waals surface area (Å²) < 4.78 is 21.5. The summed E-state index contributed by atoms with van der Waals surface area (Å²) in [5, 5.41) is 22.1. The van der Waals surface area contributed by atoms with Crippen LogP contribution >= 0.6 is 27.3 Å². The van der Waals surface area contributed by atoms with Gasteiger partial charge in [-0.1, -0.05) is 23.5 Å². The number of para-hydroxylation sites is 1. The van der Waals surface area contributed by atoms with Crippen LogP contribution in [0.25, 0.3) is 11.0 Å². The number of carbonyl (C=O) groups excluding carboxylic acids is 3. The number of aliphatic hydroxyl groups is 1. The van der Waals surface area contributed by atoms with Crippen LogP contribution in [-0.2, 0) is 9.53 Å². The van der Waals surface area contributed by atoms with E-state index in [1.165, 1.54) is 39.5 Å². The van der Waals surface area contributed by atoms with E-state index in [1.54, 1.807) is 25.1 Å². The van der Waals surface area contributed by atoms with E-state index in [9.17, 15) is 24.6 Å². The Morgan fingerprint density at radius 1 is 1.10 bits per heavy atom. The average Bonchev–Trinajstić information content (AvgIpc) is 3.63. The number of aryl methyl sites for hydroxylation is 1.